The van der Waals surface area contributed by atoms with Crippen molar-refractivity contribution in [2.24, 2.45) is 0 Å². The van der Waals surface area contributed by atoms with Crippen LogP contribution in [0.4, 0.5) is 10.5 Å². The predicted molar refractivity (Wildman–Crippen MR) is 81.9 cm³/mol. The molecule has 1 aromatic carbocycles. The Morgan fingerprint density at radius 3 is 2.57 bits per heavy atom. The van der Waals surface area contributed by atoms with Crippen molar-refractivity contribution in [2.45, 2.75) is 45.6 Å². The summed E-state index contributed by atoms with van der Waals surface area (Å²) in [5.41, 5.74) is 0.786. The molecule has 0 aromatic heterocycles. The number of amides is 1. The van der Waals surface area contributed by atoms with E-state index in [9.17, 15) is 9.59 Å². The number of aliphatic carboxylic acids is 1. The first kappa shape index (κ1) is 17.3. The number of carboxylic acids is 1. The van der Waals surface area contributed by atoms with Gasteiger partial charge in [0.05, 0.1) is 0 Å². The van der Waals surface area contributed by atoms with Crippen molar-refractivity contribution >= 4 is 29.4 Å². The Balaban J connectivity index is 2.76. The van der Waals surface area contributed by atoms with Gasteiger partial charge in [-0.3, -0.25) is 10.1 Å². The molecule has 0 aliphatic carbocycles. The molecule has 0 spiro atoms. The Morgan fingerprint density at radius 2 is 2.00 bits per heavy atom. The Hall–Kier alpha value is -1.75. The highest BCUT2D eigenvalue weighted by Crippen LogP contribution is 2.23. The zero-order valence-electron chi connectivity index (χ0n) is 12.4. The monoisotopic (exact) mass is 313 g/mol. The van der Waals surface area contributed by atoms with E-state index in [0.717, 1.165) is 5.56 Å². The second-order valence-electron chi connectivity index (χ2n) is 5.68. The third-order valence-electron chi connectivity index (χ3n) is 2.54. The number of aryl methyl sites for hydroxylation is 1. The standard InChI is InChI=1S/C15H20ClNO4/c1-15(2,3)21-14(20)17-12-8-7-11(16)9-10(12)5-4-6-13(18)19/h7-9H,4-6H2,1-3H3,(H,17,20)(H,18,19). The highest BCUT2D eigenvalue weighted by atomic mass is 35.5. The number of anilines is 1. The van der Waals surface area contributed by atoms with Crippen molar-refractivity contribution in [3.8, 4) is 0 Å². The maximum atomic E-state index is 11.8. The second-order valence-corrected chi connectivity index (χ2v) is 6.11. The fourth-order valence-corrected chi connectivity index (χ4v) is 1.93. The van der Waals surface area contributed by atoms with Gasteiger partial charge in [0.1, 0.15) is 5.60 Å². The van der Waals surface area contributed by atoms with Crippen LogP contribution in [-0.2, 0) is 16.0 Å². The van der Waals surface area contributed by atoms with Crippen molar-refractivity contribution in [1.82, 2.24) is 0 Å². The number of carbonyl (C=O) groups is 2. The van der Waals surface area contributed by atoms with E-state index in [1.54, 1.807) is 39.0 Å². The zero-order valence-corrected chi connectivity index (χ0v) is 13.2. The molecule has 0 atom stereocenters. The predicted octanol–water partition coefficient (Wildman–Crippen LogP) is 4.09. The van der Waals surface area contributed by atoms with E-state index in [4.69, 9.17) is 21.4 Å². The lowest BCUT2D eigenvalue weighted by Crippen LogP contribution is -2.27. The van der Waals surface area contributed by atoms with E-state index in [-0.39, 0.29) is 6.42 Å². The summed E-state index contributed by atoms with van der Waals surface area (Å²) in [6.07, 6.45) is 0.499. The molecule has 0 saturated carbocycles. The molecule has 116 valence electrons. The number of carboxylic acid groups (broad SMARTS) is 1. The number of ether oxygens (including phenoxy) is 1. The maximum Gasteiger partial charge on any atom is 0.412 e. The third-order valence-corrected chi connectivity index (χ3v) is 2.77. The quantitative estimate of drug-likeness (QED) is 0.858. The van der Waals surface area contributed by atoms with Gasteiger partial charge >= 0.3 is 12.1 Å². The number of rotatable bonds is 5. The van der Waals surface area contributed by atoms with Crippen LogP contribution in [0, 0.1) is 0 Å². The molecule has 5 nitrogen and oxygen atoms in total. The molecular weight excluding hydrogens is 294 g/mol. The summed E-state index contributed by atoms with van der Waals surface area (Å²) >= 11 is 5.94. The van der Waals surface area contributed by atoms with Crippen molar-refractivity contribution < 1.29 is 19.4 Å². The van der Waals surface area contributed by atoms with Crippen molar-refractivity contribution in [3.63, 3.8) is 0 Å². The number of halogens is 1. The molecule has 21 heavy (non-hydrogen) atoms. The van der Waals surface area contributed by atoms with Gasteiger partial charge in [-0.05, 0) is 57.4 Å². The van der Waals surface area contributed by atoms with Gasteiger partial charge < -0.3 is 9.84 Å². The largest absolute Gasteiger partial charge is 0.481 e. The fraction of sp³-hybridized carbons (Fsp3) is 0.467. The molecule has 1 rings (SSSR count). The summed E-state index contributed by atoms with van der Waals surface area (Å²) in [5, 5.41) is 11.9. The number of benzene rings is 1. The molecule has 0 fully saturated rings. The van der Waals surface area contributed by atoms with Gasteiger partial charge in [0.25, 0.3) is 0 Å². The molecule has 0 unspecified atom stereocenters. The average Bonchev–Trinajstić information content (AvgIpc) is 2.29. The first-order valence-electron chi connectivity index (χ1n) is 6.67. The zero-order chi connectivity index (χ0) is 16.0. The fourth-order valence-electron chi connectivity index (χ4n) is 1.73. The molecule has 1 amide bonds. The molecule has 0 aliphatic heterocycles. The van der Waals surface area contributed by atoms with Gasteiger partial charge in [0.2, 0.25) is 0 Å². The van der Waals surface area contributed by atoms with Crippen LogP contribution >= 0.6 is 11.6 Å². The molecule has 6 heteroatoms. The summed E-state index contributed by atoms with van der Waals surface area (Å²) in [6.45, 7) is 5.34. The SMILES string of the molecule is CC(C)(C)OC(=O)Nc1ccc(Cl)cc1CCCC(=O)O. The van der Waals surface area contributed by atoms with E-state index in [2.05, 4.69) is 5.32 Å². The smallest absolute Gasteiger partial charge is 0.412 e. The van der Waals surface area contributed by atoms with E-state index >= 15 is 0 Å². The van der Waals surface area contributed by atoms with E-state index in [1.807, 2.05) is 0 Å². The minimum atomic E-state index is -0.848. The van der Waals surface area contributed by atoms with Crippen LogP contribution in [0.1, 0.15) is 39.2 Å². The van der Waals surface area contributed by atoms with Gasteiger partial charge in [-0.15, -0.1) is 0 Å². The molecule has 2 N–H and O–H groups in total. The van der Waals surface area contributed by atoms with Crippen LogP contribution in [0.2, 0.25) is 5.02 Å². The molecular formula is C15H20ClNO4. The minimum absolute atomic E-state index is 0.0678. The van der Waals surface area contributed by atoms with Gasteiger partial charge in [0.15, 0.2) is 0 Å². The lowest BCUT2D eigenvalue weighted by atomic mass is 10.1. The molecule has 1 aromatic rings. The van der Waals surface area contributed by atoms with Gasteiger partial charge in [-0.2, -0.15) is 0 Å². The molecule has 0 bridgehead atoms. The molecule has 0 saturated heterocycles. The van der Waals surface area contributed by atoms with Gasteiger partial charge in [-0.25, -0.2) is 4.79 Å². The first-order chi connectivity index (χ1) is 9.67. The highest BCUT2D eigenvalue weighted by molar-refractivity contribution is 6.30. The molecule has 0 heterocycles. The molecule has 0 radical (unpaired) electrons. The third kappa shape index (κ3) is 6.99. The van der Waals surface area contributed by atoms with Crippen molar-refractivity contribution in [2.75, 3.05) is 5.32 Å². The summed E-state index contributed by atoms with van der Waals surface area (Å²) in [4.78, 5) is 22.3. The maximum absolute atomic E-state index is 11.8. The van der Waals surface area contributed by atoms with E-state index < -0.39 is 17.7 Å². The Labute approximate surface area is 129 Å². The number of nitrogens with one attached hydrogen (secondary N) is 1. The van der Waals surface area contributed by atoms with Crippen LogP contribution in [0.5, 0.6) is 0 Å². The normalized spacial score (nSPS) is 11.0. The van der Waals surface area contributed by atoms with Crippen LogP contribution in [0.3, 0.4) is 0 Å². The lowest BCUT2D eigenvalue weighted by molar-refractivity contribution is -0.137. The topological polar surface area (TPSA) is 75.6 Å². The Bertz CT molecular complexity index is 523. The summed E-state index contributed by atoms with van der Waals surface area (Å²) in [5.74, 6) is -0.848. The number of carbonyl (C=O) groups excluding carboxylic acids is 1. The molecule has 0 aliphatic rings. The Morgan fingerprint density at radius 1 is 1.33 bits per heavy atom. The Kier molecular flexibility index (Phi) is 6.03. The first-order valence-corrected chi connectivity index (χ1v) is 7.05. The van der Waals surface area contributed by atoms with Crippen LogP contribution < -0.4 is 5.32 Å². The van der Waals surface area contributed by atoms with E-state index in [0.29, 0.717) is 23.6 Å². The number of hydrogen-bond donors (Lipinski definition) is 2. The van der Waals surface area contributed by atoms with Crippen LogP contribution in [0.25, 0.3) is 0 Å². The van der Waals surface area contributed by atoms with Crippen LogP contribution in [-0.4, -0.2) is 22.8 Å². The average molecular weight is 314 g/mol. The van der Waals surface area contributed by atoms with Crippen molar-refractivity contribution in [3.05, 3.63) is 28.8 Å². The number of hydrogen-bond acceptors (Lipinski definition) is 3. The summed E-state index contributed by atoms with van der Waals surface area (Å²) in [6, 6.07) is 5.06. The lowest BCUT2D eigenvalue weighted by Gasteiger charge is -2.20. The van der Waals surface area contributed by atoms with Crippen molar-refractivity contribution in [1.29, 1.82) is 0 Å². The highest BCUT2D eigenvalue weighted by Gasteiger charge is 2.17. The second kappa shape index (κ2) is 7.31. The summed E-state index contributed by atoms with van der Waals surface area (Å²) < 4.78 is 5.19. The summed E-state index contributed by atoms with van der Waals surface area (Å²) in [7, 11) is 0. The van der Waals surface area contributed by atoms with Gasteiger partial charge in [-0.1, -0.05) is 11.6 Å². The minimum Gasteiger partial charge on any atom is -0.481 e. The van der Waals surface area contributed by atoms with E-state index in [1.165, 1.54) is 0 Å². The van der Waals surface area contributed by atoms with Crippen LogP contribution in [0.15, 0.2) is 18.2 Å². The van der Waals surface area contributed by atoms with Gasteiger partial charge in [0, 0.05) is 17.1 Å².